The Morgan fingerprint density at radius 3 is 2.44 bits per heavy atom. The molecular formula is C31H34ClFN4O5S. The molecule has 0 aromatic heterocycles. The third kappa shape index (κ3) is 5.51. The van der Waals surface area contributed by atoms with Crippen LogP contribution in [0, 0.1) is 12.7 Å². The molecular weight excluding hydrogens is 595 g/mol. The van der Waals surface area contributed by atoms with Crippen molar-refractivity contribution in [2.45, 2.75) is 30.3 Å². The van der Waals surface area contributed by atoms with Gasteiger partial charge in [-0.1, -0.05) is 41.9 Å². The number of sulfonamides is 1. The fraction of sp³-hybridized carbons (Fsp3) is 0.323. The second-order valence-corrected chi connectivity index (χ2v) is 13.3. The molecule has 12 heteroatoms. The van der Waals surface area contributed by atoms with Crippen LogP contribution in [0.15, 0.2) is 65.6 Å². The highest BCUT2D eigenvalue weighted by Gasteiger charge is 2.47. The van der Waals surface area contributed by atoms with Gasteiger partial charge in [-0.15, -0.1) is 0 Å². The molecule has 0 spiro atoms. The summed E-state index contributed by atoms with van der Waals surface area (Å²) in [6.45, 7) is 3.13. The zero-order valence-corrected chi connectivity index (χ0v) is 25.4. The fourth-order valence-corrected chi connectivity index (χ4v) is 7.89. The van der Waals surface area contributed by atoms with Crippen LogP contribution in [0.3, 0.4) is 0 Å². The molecule has 0 bridgehead atoms. The van der Waals surface area contributed by atoms with Gasteiger partial charge in [-0.2, -0.15) is 0 Å². The van der Waals surface area contributed by atoms with Gasteiger partial charge in [0.2, 0.25) is 5.91 Å². The third-order valence-electron chi connectivity index (χ3n) is 8.34. The Bertz CT molecular complexity index is 1670. The number of halogens is 2. The number of piperazine rings is 1. The number of amides is 1. The molecule has 2 heterocycles. The van der Waals surface area contributed by atoms with Crippen molar-refractivity contribution in [1.82, 2.24) is 4.90 Å². The number of carbonyl (C=O) groups excluding carboxylic acids is 1. The Balaban J connectivity index is 1.61. The van der Waals surface area contributed by atoms with Crippen LogP contribution < -0.4 is 14.9 Å². The molecule has 228 valence electrons. The van der Waals surface area contributed by atoms with E-state index in [-0.39, 0.29) is 28.6 Å². The van der Waals surface area contributed by atoms with Crippen molar-refractivity contribution >= 4 is 50.6 Å². The minimum absolute atomic E-state index is 0.0385. The molecule has 1 atom stereocenters. The predicted molar refractivity (Wildman–Crippen MR) is 166 cm³/mol. The van der Waals surface area contributed by atoms with Gasteiger partial charge in [0.15, 0.2) is 0 Å². The monoisotopic (exact) mass is 628 g/mol. The lowest BCUT2D eigenvalue weighted by molar-refractivity contribution is -0.137. The molecule has 1 fully saturated rings. The number of hydrogen-bond donors (Lipinski definition) is 3. The molecule has 0 aliphatic carbocycles. The molecule has 1 amide bonds. The van der Waals surface area contributed by atoms with E-state index >= 15 is 0 Å². The first-order valence-corrected chi connectivity index (χ1v) is 15.6. The molecule has 1 saturated heterocycles. The van der Waals surface area contributed by atoms with Gasteiger partial charge in [-0.05, 0) is 66.9 Å². The third-order valence-corrected chi connectivity index (χ3v) is 10.4. The quantitative estimate of drug-likeness (QED) is 0.327. The molecule has 0 radical (unpaired) electrons. The van der Waals surface area contributed by atoms with Crippen molar-refractivity contribution in [3.05, 3.63) is 88.2 Å². The Hall–Kier alpha value is -3.48. The minimum Gasteiger partial charge on any atom is -0.394 e. The van der Waals surface area contributed by atoms with Gasteiger partial charge in [0.25, 0.3) is 10.0 Å². The number of hydrogen-bond acceptors (Lipinski definition) is 7. The molecule has 2 aliphatic heterocycles. The maximum atomic E-state index is 14.6. The molecule has 2 aliphatic rings. The summed E-state index contributed by atoms with van der Waals surface area (Å²) in [5.74, 6) is -1.31. The number of rotatable bonds is 8. The second kappa shape index (κ2) is 11.9. The zero-order valence-electron chi connectivity index (χ0n) is 23.9. The molecule has 9 nitrogen and oxygen atoms in total. The summed E-state index contributed by atoms with van der Waals surface area (Å²) in [7, 11) is -4.04. The van der Waals surface area contributed by atoms with E-state index in [0.29, 0.717) is 35.6 Å². The summed E-state index contributed by atoms with van der Waals surface area (Å²) >= 11 is 6.29. The minimum atomic E-state index is -4.04. The van der Waals surface area contributed by atoms with E-state index in [1.807, 2.05) is 25.1 Å². The van der Waals surface area contributed by atoms with Crippen LogP contribution in [-0.4, -0.2) is 80.4 Å². The molecule has 43 heavy (non-hydrogen) atoms. The van der Waals surface area contributed by atoms with Crippen molar-refractivity contribution in [3.63, 3.8) is 0 Å². The largest absolute Gasteiger partial charge is 0.394 e. The van der Waals surface area contributed by atoms with E-state index in [4.69, 9.17) is 17.3 Å². The summed E-state index contributed by atoms with van der Waals surface area (Å²) in [6, 6.07) is 16.1. The fourth-order valence-electron chi connectivity index (χ4n) is 5.97. The van der Waals surface area contributed by atoms with Crippen molar-refractivity contribution in [2.24, 2.45) is 5.73 Å². The van der Waals surface area contributed by atoms with E-state index in [1.165, 1.54) is 16.4 Å². The Morgan fingerprint density at radius 2 is 1.79 bits per heavy atom. The number of nitrogens with two attached hydrogens (primary N) is 1. The van der Waals surface area contributed by atoms with Crippen molar-refractivity contribution in [2.75, 3.05) is 48.6 Å². The van der Waals surface area contributed by atoms with E-state index in [0.717, 1.165) is 5.56 Å². The molecule has 0 unspecified atom stereocenters. The summed E-state index contributed by atoms with van der Waals surface area (Å²) in [5, 5.41) is 20.4. The zero-order chi connectivity index (χ0) is 31.1. The smallest absolute Gasteiger partial charge is 0.264 e. The number of primary amides is 1. The van der Waals surface area contributed by atoms with Crippen molar-refractivity contribution in [3.8, 4) is 0 Å². The number of nitrogens with zero attached hydrogens (tertiary/aromatic N) is 3. The molecule has 4 N–H and O–H groups in total. The first-order chi connectivity index (χ1) is 20.4. The number of allylic oxidation sites excluding steroid dienone is 1. The lowest BCUT2D eigenvalue weighted by Crippen LogP contribution is -2.70. The number of carbonyl (C=O) groups is 1. The number of benzene rings is 3. The summed E-state index contributed by atoms with van der Waals surface area (Å²) in [6.07, 6.45) is 1.76. The van der Waals surface area contributed by atoms with Crippen LogP contribution in [0.4, 0.5) is 15.8 Å². The summed E-state index contributed by atoms with van der Waals surface area (Å²) < 4.78 is 44.3. The number of fused-ring (bicyclic) bond motifs is 3. The normalized spacial score (nSPS) is 17.9. The van der Waals surface area contributed by atoms with Crippen LogP contribution >= 0.6 is 11.6 Å². The molecule has 5 rings (SSSR count). The molecule has 3 aromatic rings. The highest BCUT2D eigenvalue weighted by atomic mass is 35.5. The SMILES string of the molecule is C/C(=C\c1ccc2c(c1)N(S(=O)(=O)c1cccc(C)c1)C[C@@H]1CN(C(CO)(CO)C(N)=O)CCN21)c1c(F)cccc1Cl. The summed E-state index contributed by atoms with van der Waals surface area (Å²) in [4.78, 5) is 16.2. The second-order valence-electron chi connectivity index (χ2n) is 11.0. The maximum absolute atomic E-state index is 14.6. The van der Waals surface area contributed by atoms with Gasteiger partial charge < -0.3 is 20.8 Å². The maximum Gasteiger partial charge on any atom is 0.264 e. The number of aliphatic hydroxyl groups is 2. The van der Waals surface area contributed by atoms with E-state index in [9.17, 15) is 27.8 Å². The Labute approximate surface area is 255 Å². The number of aliphatic hydroxyl groups excluding tert-OH is 2. The molecule has 3 aromatic carbocycles. The standard InChI is InChI=1S/C31H34ClFN4O5S/c1-20-5-3-6-24(13-20)43(41,42)37-17-23-16-35(31(18-38,19-39)30(34)40)11-12-36(23)27-10-9-22(15-28(27)37)14-21(2)29-25(32)7-4-8-26(29)33/h3-10,13-15,23,38-39H,11-12,16-19H2,1-2H3,(H2,34,40)/b21-14+/t23-/m0/s1. The number of anilines is 2. The van der Waals surface area contributed by atoms with Gasteiger partial charge >= 0.3 is 0 Å². The van der Waals surface area contributed by atoms with Gasteiger partial charge in [0, 0.05) is 25.2 Å². The number of aryl methyl sites for hydroxylation is 1. The lowest BCUT2D eigenvalue weighted by atomic mass is 9.94. The van der Waals surface area contributed by atoms with E-state index in [2.05, 4.69) is 4.90 Å². The van der Waals surface area contributed by atoms with Gasteiger partial charge in [-0.3, -0.25) is 14.0 Å². The topological polar surface area (TPSA) is 127 Å². The average molecular weight is 629 g/mol. The van der Waals surface area contributed by atoms with Crippen LogP contribution in [0.2, 0.25) is 5.02 Å². The Morgan fingerprint density at radius 1 is 1.07 bits per heavy atom. The van der Waals surface area contributed by atoms with Crippen LogP contribution in [0.5, 0.6) is 0 Å². The highest BCUT2D eigenvalue weighted by Crippen LogP contribution is 2.42. The first kappa shape index (κ1) is 31.0. The lowest BCUT2D eigenvalue weighted by Gasteiger charge is -2.52. The molecule has 0 saturated carbocycles. The van der Waals surface area contributed by atoms with Gasteiger partial charge in [-0.25, -0.2) is 12.8 Å². The predicted octanol–water partition coefficient (Wildman–Crippen LogP) is 3.26. The first-order valence-electron chi connectivity index (χ1n) is 13.8. The van der Waals surface area contributed by atoms with Crippen LogP contribution in [0.1, 0.15) is 23.6 Å². The summed E-state index contributed by atoms with van der Waals surface area (Å²) in [5.41, 5.74) is 7.36. The van der Waals surface area contributed by atoms with E-state index < -0.39 is 46.5 Å². The van der Waals surface area contributed by atoms with Crippen molar-refractivity contribution in [1.29, 1.82) is 0 Å². The van der Waals surface area contributed by atoms with Gasteiger partial charge in [0.1, 0.15) is 11.4 Å². The Kier molecular flexibility index (Phi) is 8.56. The van der Waals surface area contributed by atoms with Crippen molar-refractivity contribution < 1.29 is 27.8 Å². The van der Waals surface area contributed by atoms with E-state index in [1.54, 1.807) is 48.2 Å². The van der Waals surface area contributed by atoms with Gasteiger partial charge in [0.05, 0.1) is 47.1 Å². The average Bonchev–Trinajstić information content (AvgIpc) is 2.97. The highest BCUT2D eigenvalue weighted by molar-refractivity contribution is 7.92. The van der Waals surface area contributed by atoms with Crippen LogP contribution in [0.25, 0.3) is 11.6 Å². The van der Waals surface area contributed by atoms with Crippen LogP contribution in [-0.2, 0) is 14.8 Å².